The molecule has 0 bridgehead atoms. The molecule has 17 heavy (non-hydrogen) atoms. The highest BCUT2D eigenvalue weighted by atomic mass is 35.5. The van der Waals surface area contributed by atoms with Crippen molar-refractivity contribution in [2.75, 3.05) is 11.0 Å². The van der Waals surface area contributed by atoms with Crippen LogP contribution < -0.4 is 10.5 Å². The van der Waals surface area contributed by atoms with E-state index in [0.717, 1.165) is 6.26 Å². The van der Waals surface area contributed by atoms with Gasteiger partial charge in [-0.1, -0.05) is 17.7 Å². The van der Waals surface area contributed by atoms with Crippen molar-refractivity contribution in [1.82, 2.24) is 0 Å². The van der Waals surface area contributed by atoms with Gasteiger partial charge in [-0.3, -0.25) is 9.52 Å². The van der Waals surface area contributed by atoms with Crippen LogP contribution in [0.4, 0.5) is 5.69 Å². The van der Waals surface area contributed by atoms with E-state index in [9.17, 15) is 13.2 Å². The van der Waals surface area contributed by atoms with Gasteiger partial charge >= 0.3 is 0 Å². The SMILES string of the molecule is CC(C(N)=O)c1ccc(NS(C)(=O)=O)c(Cl)c1. The van der Waals surface area contributed by atoms with Gasteiger partial charge in [0.25, 0.3) is 0 Å². The number of benzene rings is 1. The molecule has 0 spiro atoms. The number of nitrogens with two attached hydrogens (primary N) is 1. The average molecular weight is 277 g/mol. The van der Waals surface area contributed by atoms with E-state index in [1.54, 1.807) is 13.0 Å². The van der Waals surface area contributed by atoms with Crippen LogP contribution >= 0.6 is 11.6 Å². The van der Waals surface area contributed by atoms with Crippen molar-refractivity contribution < 1.29 is 13.2 Å². The molecule has 3 N–H and O–H groups in total. The van der Waals surface area contributed by atoms with Crippen molar-refractivity contribution in [3.8, 4) is 0 Å². The number of anilines is 1. The number of amides is 1. The quantitative estimate of drug-likeness (QED) is 0.869. The highest BCUT2D eigenvalue weighted by Crippen LogP contribution is 2.27. The van der Waals surface area contributed by atoms with Crippen LogP contribution in [0.5, 0.6) is 0 Å². The van der Waals surface area contributed by atoms with Gasteiger partial charge in [0.15, 0.2) is 0 Å². The average Bonchev–Trinajstić information content (AvgIpc) is 2.18. The van der Waals surface area contributed by atoms with Crippen molar-refractivity contribution in [2.45, 2.75) is 12.8 Å². The Balaban J connectivity index is 3.06. The minimum absolute atomic E-state index is 0.223. The molecule has 1 atom stereocenters. The first-order chi connectivity index (χ1) is 7.70. The van der Waals surface area contributed by atoms with Gasteiger partial charge in [-0.2, -0.15) is 0 Å². The Labute approximate surface area is 105 Å². The maximum absolute atomic E-state index is 11.0. The lowest BCUT2D eigenvalue weighted by Gasteiger charge is -2.11. The molecule has 1 aromatic carbocycles. The molecule has 0 saturated heterocycles. The molecule has 1 rings (SSSR count). The van der Waals surface area contributed by atoms with Gasteiger partial charge in [0.05, 0.1) is 22.9 Å². The van der Waals surface area contributed by atoms with Crippen LogP contribution in [0.1, 0.15) is 18.4 Å². The molecule has 0 fully saturated rings. The molecular weight excluding hydrogens is 264 g/mol. The molecule has 5 nitrogen and oxygen atoms in total. The largest absolute Gasteiger partial charge is 0.369 e. The van der Waals surface area contributed by atoms with Crippen molar-refractivity contribution in [3.05, 3.63) is 28.8 Å². The summed E-state index contributed by atoms with van der Waals surface area (Å²) in [6.07, 6.45) is 1.03. The molecule has 0 aliphatic heterocycles. The summed E-state index contributed by atoms with van der Waals surface area (Å²) in [4.78, 5) is 11.0. The number of sulfonamides is 1. The van der Waals surface area contributed by atoms with Gasteiger partial charge in [-0.25, -0.2) is 8.42 Å². The maximum atomic E-state index is 11.0. The first-order valence-electron chi connectivity index (χ1n) is 4.77. The van der Waals surface area contributed by atoms with E-state index in [1.807, 2.05) is 0 Å². The number of primary amides is 1. The summed E-state index contributed by atoms with van der Waals surface area (Å²) in [5.74, 6) is -0.940. The third kappa shape index (κ3) is 3.90. The van der Waals surface area contributed by atoms with Gasteiger partial charge in [0.1, 0.15) is 0 Å². The zero-order chi connectivity index (χ0) is 13.2. The van der Waals surface area contributed by atoms with Gasteiger partial charge in [-0.05, 0) is 24.6 Å². The van der Waals surface area contributed by atoms with Gasteiger partial charge in [-0.15, -0.1) is 0 Å². The van der Waals surface area contributed by atoms with Crippen LogP contribution in [-0.2, 0) is 14.8 Å². The minimum atomic E-state index is -3.38. The van der Waals surface area contributed by atoms with Crippen LogP contribution in [-0.4, -0.2) is 20.6 Å². The van der Waals surface area contributed by atoms with Crippen molar-refractivity contribution in [2.24, 2.45) is 5.73 Å². The van der Waals surface area contributed by atoms with Crippen LogP contribution in [0.2, 0.25) is 5.02 Å². The van der Waals surface area contributed by atoms with E-state index in [-0.39, 0.29) is 10.7 Å². The lowest BCUT2D eigenvalue weighted by Crippen LogP contribution is -2.18. The van der Waals surface area contributed by atoms with Gasteiger partial charge in [0.2, 0.25) is 15.9 Å². The minimum Gasteiger partial charge on any atom is -0.369 e. The zero-order valence-electron chi connectivity index (χ0n) is 9.40. The molecule has 0 aliphatic carbocycles. The molecule has 7 heteroatoms. The second-order valence-corrected chi connectivity index (χ2v) is 5.89. The zero-order valence-corrected chi connectivity index (χ0v) is 11.0. The molecular formula is C10H13ClN2O3S. The topological polar surface area (TPSA) is 89.3 Å². The normalized spacial score (nSPS) is 13.1. The van der Waals surface area contributed by atoms with E-state index in [1.165, 1.54) is 12.1 Å². The first-order valence-corrected chi connectivity index (χ1v) is 7.04. The number of carbonyl (C=O) groups excluding carboxylic acids is 1. The smallest absolute Gasteiger partial charge is 0.229 e. The lowest BCUT2D eigenvalue weighted by molar-refractivity contribution is -0.119. The number of carbonyl (C=O) groups is 1. The van der Waals surface area contributed by atoms with E-state index in [2.05, 4.69) is 4.72 Å². The summed E-state index contributed by atoms with van der Waals surface area (Å²) in [7, 11) is -3.38. The van der Waals surface area contributed by atoms with Crippen molar-refractivity contribution in [3.63, 3.8) is 0 Å². The van der Waals surface area contributed by atoms with E-state index in [4.69, 9.17) is 17.3 Å². The molecule has 0 saturated carbocycles. The monoisotopic (exact) mass is 276 g/mol. The van der Waals surface area contributed by atoms with Crippen molar-refractivity contribution >= 4 is 33.2 Å². The standard InChI is InChI=1S/C10H13ClN2O3S/c1-6(10(12)14)7-3-4-9(8(11)5-7)13-17(2,15)16/h3-6,13H,1-2H3,(H2,12,14). The second kappa shape index (κ2) is 4.93. The number of rotatable bonds is 4. The highest BCUT2D eigenvalue weighted by molar-refractivity contribution is 7.92. The molecule has 0 aliphatic rings. The summed E-state index contributed by atoms with van der Waals surface area (Å²) in [6, 6.07) is 4.62. The third-order valence-electron chi connectivity index (χ3n) is 2.22. The molecule has 0 radical (unpaired) electrons. The summed E-state index contributed by atoms with van der Waals surface area (Å²) in [6.45, 7) is 1.65. The van der Waals surface area contributed by atoms with Crippen LogP contribution in [0, 0.1) is 0 Å². The van der Waals surface area contributed by atoms with Gasteiger partial charge < -0.3 is 5.73 Å². The number of hydrogen-bond acceptors (Lipinski definition) is 3. The summed E-state index contributed by atoms with van der Waals surface area (Å²) in [5, 5.41) is 0.223. The molecule has 1 aromatic rings. The Morgan fingerprint density at radius 1 is 1.47 bits per heavy atom. The first kappa shape index (κ1) is 13.8. The summed E-state index contributed by atoms with van der Waals surface area (Å²) < 4.78 is 24.3. The summed E-state index contributed by atoms with van der Waals surface area (Å²) in [5.41, 5.74) is 6.08. The molecule has 0 heterocycles. The Bertz CT molecular complexity index is 542. The third-order valence-corrected chi connectivity index (χ3v) is 3.12. The van der Waals surface area contributed by atoms with E-state index in [0.29, 0.717) is 5.56 Å². The van der Waals surface area contributed by atoms with E-state index < -0.39 is 21.8 Å². The fourth-order valence-electron chi connectivity index (χ4n) is 1.25. The van der Waals surface area contributed by atoms with Crippen LogP contribution in [0.3, 0.4) is 0 Å². The predicted molar refractivity (Wildman–Crippen MR) is 67.5 cm³/mol. The number of halogens is 1. The Kier molecular flexibility index (Phi) is 4.00. The van der Waals surface area contributed by atoms with E-state index >= 15 is 0 Å². The second-order valence-electron chi connectivity index (χ2n) is 3.74. The Morgan fingerprint density at radius 2 is 2.06 bits per heavy atom. The highest BCUT2D eigenvalue weighted by Gasteiger charge is 2.14. The van der Waals surface area contributed by atoms with Crippen LogP contribution in [0.25, 0.3) is 0 Å². The number of hydrogen-bond donors (Lipinski definition) is 2. The lowest BCUT2D eigenvalue weighted by atomic mass is 10.0. The Hall–Kier alpha value is -1.27. The fraction of sp³-hybridized carbons (Fsp3) is 0.300. The van der Waals surface area contributed by atoms with Crippen LogP contribution in [0.15, 0.2) is 18.2 Å². The predicted octanol–water partition coefficient (Wildman–Crippen LogP) is 1.30. The Morgan fingerprint density at radius 3 is 2.47 bits per heavy atom. The molecule has 1 unspecified atom stereocenters. The maximum Gasteiger partial charge on any atom is 0.229 e. The van der Waals surface area contributed by atoms with Crippen molar-refractivity contribution in [1.29, 1.82) is 0 Å². The molecule has 1 amide bonds. The fourth-order valence-corrected chi connectivity index (χ4v) is 2.12. The number of nitrogens with one attached hydrogen (secondary N) is 1. The van der Waals surface area contributed by atoms with Gasteiger partial charge in [0, 0.05) is 0 Å². The molecule has 94 valence electrons. The molecule has 0 aromatic heterocycles. The summed E-state index contributed by atoms with van der Waals surface area (Å²) >= 11 is 5.91.